The van der Waals surface area contributed by atoms with E-state index in [1.165, 1.54) is 44.2 Å². The number of nitrogens with zero attached hydrogens (tertiary/aromatic N) is 2. The third kappa shape index (κ3) is 5.25. The zero-order valence-corrected chi connectivity index (χ0v) is 15.6. The summed E-state index contributed by atoms with van der Waals surface area (Å²) in [4.78, 5) is 2.45. The molecule has 1 aromatic heterocycles. The first-order valence-electron chi connectivity index (χ1n) is 9.62. The van der Waals surface area contributed by atoms with Crippen LogP contribution in [0.15, 0.2) is 55.3 Å². The Kier molecular flexibility index (Phi) is 6.42. The van der Waals surface area contributed by atoms with Gasteiger partial charge in [-0.05, 0) is 42.7 Å². The minimum Gasteiger partial charge on any atom is -0.346 e. The van der Waals surface area contributed by atoms with E-state index in [9.17, 15) is 13.2 Å². The van der Waals surface area contributed by atoms with Crippen LogP contribution in [-0.2, 0) is 19.3 Å². The number of benzene rings is 1. The van der Waals surface area contributed by atoms with Crippen molar-refractivity contribution in [2.24, 2.45) is 0 Å². The minimum atomic E-state index is -4.31. The Morgan fingerprint density at radius 3 is 2.59 bits per heavy atom. The van der Waals surface area contributed by atoms with Crippen LogP contribution in [0.1, 0.15) is 48.9 Å². The highest BCUT2D eigenvalue weighted by Gasteiger charge is 2.30. The Bertz CT molecular complexity index is 742. The maximum atomic E-state index is 13.0. The zero-order valence-electron chi connectivity index (χ0n) is 15.6. The molecule has 0 aliphatic heterocycles. The van der Waals surface area contributed by atoms with Gasteiger partial charge in [0.15, 0.2) is 0 Å². The molecule has 1 saturated carbocycles. The second kappa shape index (κ2) is 8.79. The summed E-state index contributed by atoms with van der Waals surface area (Å²) in [5.74, 6) is 0. The van der Waals surface area contributed by atoms with Gasteiger partial charge in [0, 0.05) is 37.6 Å². The normalized spacial score (nSPS) is 16.0. The van der Waals surface area contributed by atoms with Gasteiger partial charge >= 0.3 is 6.18 Å². The lowest BCUT2D eigenvalue weighted by molar-refractivity contribution is -0.137. The molecule has 0 unspecified atom stereocenters. The van der Waals surface area contributed by atoms with Crippen molar-refractivity contribution in [3.8, 4) is 0 Å². The van der Waals surface area contributed by atoms with Gasteiger partial charge in [-0.2, -0.15) is 13.2 Å². The van der Waals surface area contributed by atoms with Crippen LogP contribution < -0.4 is 0 Å². The third-order valence-corrected chi connectivity index (χ3v) is 5.35. The van der Waals surface area contributed by atoms with Gasteiger partial charge in [-0.1, -0.05) is 37.5 Å². The molecule has 0 N–H and O–H groups in total. The topological polar surface area (TPSA) is 8.17 Å². The number of aromatic nitrogens is 1. The van der Waals surface area contributed by atoms with E-state index in [1.807, 2.05) is 18.3 Å². The lowest BCUT2D eigenvalue weighted by Crippen LogP contribution is -2.37. The lowest BCUT2D eigenvalue weighted by Gasteiger charge is -2.33. The number of hydrogen-bond acceptors (Lipinski definition) is 1. The predicted molar refractivity (Wildman–Crippen MR) is 102 cm³/mol. The van der Waals surface area contributed by atoms with Crippen LogP contribution in [0.2, 0.25) is 0 Å². The lowest BCUT2D eigenvalue weighted by atomic mass is 9.94. The summed E-state index contributed by atoms with van der Waals surface area (Å²) < 4.78 is 40.9. The van der Waals surface area contributed by atoms with Crippen molar-refractivity contribution in [1.29, 1.82) is 0 Å². The zero-order chi connectivity index (χ0) is 19.3. The quantitative estimate of drug-likeness (QED) is 0.548. The van der Waals surface area contributed by atoms with Crippen LogP contribution in [0.25, 0.3) is 0 Å². The fourth-order valence-corrected chi connectivity index (χ4v) is 3.95. The highest BCUT2D eigenvalue weighted by molar-refractivity contribution is 5.26. The summed E-state index contributed by atoms with van der Waals surface area (Å²) in [7, 11) is 0. The summed E-state index contributed by atoms with van der Waals surface area (Å²) >= 11 is 0. The number of hydrogen-bond donors (Lipinski definition) is 0. The molecular weight excluding hydrogens is 349 g/mol. The van der Waals surface area contributed by atoms with Gasteiger partial charge in [0.05, 0.1) is 5.56 Å². The molecule has 0 bridgehead atoms. The smallest absolute Gasteiger partial charge is 0.346 e. The fourth-order valence-electron chi connectivity index (χ4n) is 3.95. The first-order valence-corrected chi connectivity index (χ1v) is 9.62. The molecule has 0 saturated heterocycles. The summed E-state index contributed by atoms with van der Waals surface area (Å²) in [6.45, 7) is 5.96. The molecule has 5 heteroatoms. The predicted octanol–water partition coefficient (Wildman–Crippen LogP) is 5.88. The van der Waals surface area contributed by atoms with Crippen molar-refractivity contribution in [1.82, 2.24) is 9.47 Å². The average Bonchev–Trinajstić information content (AvgIpc) is 3.08. The molecule has 0 atom stereocenters. The first-order chi connectivity index (χ1) is 13.0. The second-order valence-electron chi connectivity index (χ2n) is 7.34. The molecule has 0 radical (unpaired) electrons. The first kappa shape index (κ1) is 19.7. The van der Waals surface area contributed by atoms with E-state index in [1.54, 1.807) is 6.07 Å². The van der Waals surface area contributed by atoms with Crippen LogP contribution in [0, 0.1) is 0 Å². The molecule has 2 nitrogen and oxygen atoms in total. The summed E-state index contributed by atoms with van der Waals surface area (Å²) in [6.07, 6.45) is 5.84. The Morgan fingerprint density at radius 1 is 1.11 bits per heavy atom. The minimum absolute atomic E-state index is 0.443. The van der Waals surface area contributed by atoms with E-state index in [0.717, 1.165) is 24.8 Å². The molecule has 1 aliphatic rings. The number of rotatable bonds is 7. The highest BCUT2D eigenvalue weighted by Crippen LogP contribution is 2.30. The van der Waals surface area contributed by atoms with Crippen LogP contribution >= 0.6 is 0 Å². The third-order valence-electron chi connectivity index (χ3n) is 5.35. The SMILES string of the molecule is C=CCN(Cc1cccn1Cc1cccc(C(F)(F)F)c1)C1CCCCC1. The molecule has 0 amide bonds. The van der Waals surface area contributed by atoms with Gasteiger partial charge in [-0.3, -0.25) is 4.90 Å². The van der Waals surface area contributed by atoms with Gasteiger partial charge in [0.25, 0.3) is 0 Å². The molecule has 27 heavy (non-hydrogen) atoms. The van der Waals surface area contributed by atoms with E-state index in [0.29, 0.717) is 18.2 Å². The monoisotopic (exact) mass is 376 g/mol. The molecule has 1 fully saturated rings. The van der Waals surface area contributed by atoms with Gasteiger partial charge in [-0.25, -0.2) is 0 Å². The molecule has 0 spiro atoms. The Balaban J connectivity index is 1.74. The van der Waals surface area contributed by atoms with E-state index < -0.39 is 11.7 Å². The Morgan fingerprint density at radius 2 is 1.89 bits per heavy atom. The molecular formula is C22H27F3N2. The summed E-state index contributed by atoms with van der Waals surface area (Å²) in [5.41, 5.74) is 1.19. The van der Waals surface area contributed by atoms with Crippen molar-refractivity contribution in [3.63, 3.8) is 0 Å². The maximum Gasteiger partial charge on any atom is 0.416 e. The van der Waals surface area contributed by atoms with Gasteiger partial charge in [-0.15, -0.1) is 6.58 Å². The van der Waals surface area contributed by atoms with Crippen molar-refractivity contribution >= 4 is 0 Å². The molecule has 1 heterocycles. The van der Waals surface area contributed by atoms with Gasteiger partial charge in [0.2, 0.25) is 0 Å². The van der Waals surface area contributed by atoms with Crippen LogP contribution in [0.5, 0.6) is 0 Å². The molecule has 146 valence electrons. The van der Waals surface area contributed by atoms with Crippen LogP contribution in [-0.4, -0.2) is 22.1 Å². The van der Waals surface area contributed by atoms with Crippen LogP contribution in [0.4, 0.5) is 13.2 Å². The van der Waals surface area contributed by atoms with E-state index in [-0.39, 0.29) is 0 Å². The fraction of sp³-hybridized carbons (Fsp3) is 0.455. The highest BCUT2D eigenvalue weighted by atomic mass is 19.4. The van der Waals surface area contributed by atoms with Crippen molar-refractivity contribution in [3.05, 3.63) is 72.1 Å². The van der Waals surface area contributed by atoms with Crippen molar-refractivity contribution < 1.29 is 13.2 Å². The standard InChI is InChI=1S/C22H27F3N2/c1-2-13-26(20-10-4-3-5-11-20)17-21-12-7-14-27(21)16-18-8-6-9-19(15-18)22(23,24)25/h2,6-9,12,14-15,20H,1,3-5,10-11,13,16-17H2. The Hall–Kier alpha value is -2.01. The van der Waals surface area contributed by atoms with Crippen LogP contribution in [0.3, 0.4) is 0 Å². The van der Waals surface area contributed by atoms with Gasteiger partial charge < -0.3 is 4.57 Å². The number of alkyl halides is 3. The van der Waals surface area contributed by atoms with E-state index >= 15 is 0 Å². The molecule has 1 aromatic carbocycles. The Labute approximate surface area is 159 Å². The maximum absolute atomic E-state index is 13.0. The van der Waals surface area contributed by atoms with Crippen molar-refractivity contribution in [2.75, 3.05) is 6.54 Å². The summed E-state index contributed by atoms with van der Waals surface area (Å²) in [5, 5.41) is 0. The van der Waals surface area contributed by atoms with Crippen molar-refractivity contribution in [2.45, 2.75) is 57.4 Å². The summed E-state index contributed by atoms with van der Waals surface area (Å²) in [6, 6.07) is 10.2. The largest absolute Gasteiger partial charge is 0.416 e. The van der Waals surface area contributed by atoms with E-state index in [2.05, 4.69) is 22.1 Å². The number of halogens is 3. The second-order valence-corrected chi connectivity index (χ2v) is 7.34. The molecule has 1 aliphatic carbocycles. The molecule has 3 rings (SSSR count). The molecule has 2 aromatic rings. The van der Waals surface area contributed by atoms with E-state index in [4.69, 9.17) is 0 Å². The average molecular weight is 376 g/mol. The van der Waals surface area contributed by atoms with Gasteiger partial charge in [0.1, 0.15) is 0 Å².